The number of pyridine rings is 1. The smallest absolute Gasteiger partial charge is 0.274 e. The first-order chi connectivity index (χ1) is 11.3. The van der Waals surface area contributed by atoms with Crippen molar-refractivity contribution in [3.05, 3.63) is 71.8 Å². The predicted octanol–water partition coefficient (Wildman–Crippen LogP) is 2.15. The highest BCUT2D eigenvalue weighted by atomic mass is 16.2. The van der Waals surface area contributed by atoms with Crippen LogP contribution < -0.4 is 5.32 Å². The minimum atomic E-state index is -0.229. The van der Waals surface area contributed by atoms with Gasteiger partial charge in [0.2, 0.25) is 0 Å². The maximum atomic E-state index is 12.4. The molecule has 0 fully saturated rings. The Bertz CT molecular complexity index is 783. The van der Waals surface area contributed by atoms with Gasteiger partial charge in [0.25, 0.3) is 5.91 Å². The fraction of sp³-hybridized carbons (Fsp3) is 0.176. The number of benzene rings is 1. The third-order valence-electron chi connectivity index (χ3n) is 3.49. The average molecular weight is 307 g/mol. The largest absolute Gasteiger partial charge is 0.346 e. The molecule has 0 saturated heterocycles. The van der Waals surface area contributed by atoms with Crippen LogP contribution in [0.4, 0.5) is 0 Å². The zero-order chi connectivity index (χ0) is 16.1. The second-order valence-corrected chi connectivity index (χ2v) is 5.03. The molecular formula is C17H17N5O. The molecule has 2 aromatic heterocycles. The second-order valence-electron chi connectivity index (χ2n) is 5.03. The lowest BCUT2D eigenvalue weighted by Gasteiger charge is -2.06. The lowest BCUT2D eigenvalue weighted by atomic mass is 10.2. The van der Waals surface area contributed by atoms with Gasteiger partial charge in [-0.05, 0) is 30.2 Å². The summed E-state index contributed by atoms with van der Waals surface area (Å²) in [5.41, 5.74) is 2.98. The molecule has 0 spiro atoms. The Morgan fingerprint density at radius 1 is 1.17 bits per heavy atom. The van der Waals surface area contributed by atoms with E-state index in [4.69, 9.17) is 0 Å². The van der Waals surface area contributed by atoms with Crippen molar-refractivity contribution >= 4 is 5.91 Å². The zero-order valence-electron chi connectivity index (χ0n) is 12.8. The zero-order valence-corrected chi connectivity index (χ0v) is 12.8. The van der Waals surface area contributed by atoms with E-state index in [-0.39, 0.29) is 5.91 Å². The van der Waals surface area contributed by atoms with Gasteiger partial charge in [-0.2, -0.15) is 0 Å². The van der Waals surface area contributed by atoms with Crippen molar-refractivity contribution in [2.75, 3.05) is 0 Å². The standard InChI is InChI=1S/C17H17N5O/c1-2-15-16(17(23)19-12-13-7-6-10-18-11-13)20-21-22(15)14-8-4-3-5-9-14/h3-11H,2,12H2,1H3,(H,19,23). The number of para-hydroxylation sites is 1. The van der Waals surface area contributed by atoms with E-state index in [1.165, 1.54) is 0 Å². The van der Waals surface area contributed by atoms with Crippen LogP contribution in [0.3, 0.4) is 0 Å². The summed E-state index contributed by atoms with van der Waals surface area (Å²) in [6.07, 6.45) is 4.09. The third kappa shape index (κ3) is 3.26. The molecule has 0 aliphatic carbocycles. The summed E-state index contributed by atoms with van der Waals surface area (Å²) in [6.45, 7) is 2.39. The van der Waals surface area contributed by atoms with Crippen molar-refractivity contribution in [1.29, 1.82) is 0 Å². The normalized spacial score (nSPS) is 10.5. The van der Waals surface area contributed by atoms with Crippen molar-refractivity contribution in [2.45, 2.75) is 19.9 Å². The van der Waals surface area contributed by atoms with Crippen LogP contribution in [-0.2, 0) is 13.0 Å². The summed E-state index contributed by atoms with van der Waals surface area (Å²) >= 11 is 0. The summed E-state index contributed by atoms with van der Waals surface area (Å²) in [5.74, 6) is -0.229. The molecule has 116 valence electrons. The number of aromatic nitrogens is 4. The Balaban J connectivity index is 1.80. The highest BCUT2D eigenvalue weighted by molar-refractivity contribution is 5.93. The van der Waals surface area contributed by atoms with Crippen molar-refractivity contribution in [2.24, 2.45) is 0 Å². The lowest BCUT2D eigenvalue weighted by Crippen LogP contribution is -2.24. The summed E-state index contributed by atoms with van der Waals surface area (Å²) in [5, 5.41) is 11.0. The van der Waals surface area contributed by atoms with E-state index in [9.17, 15) is 4.79 Å². The molecule has 0 aliphatic heterocycles. The number of nitrogens with zero attached hydrogens (tertiary/aromatic N) is 4. The van der Waals surface area contributed by atoms with Gasteiger partial charge < -0.3 is 5.32 Å². The highest BCUT2D eigenvalue weighted by Crippen LogP contribution is 2.13. The first-order valence-electron chi connectivity index (χ1n) is 7.46. The molecule has 3 rings (SSSR count). The third-order valence-corrected chi connectivity index (χ3v) is 3.49. The van der Waals surface area contributed by atoms with Crippen LogP contribution in [0.5, 0.6) is 0 Å². The SMILES string of the molecule is CCc1c(C(=O)NCc2cccnc2)nnn1-c1ccccc1. The van der Waals surface area contributed by atoms with Crippen LogP contribution >= 0.6 is 0 Å². The van der Waals surface area contributed by atoms with E-state index in [0.717, 1.165) is 16.9 Å². The molecule has 23 heavy (non-hydrogen) atoms. The van der Waals surface area contributed by atoms with Crippen molar-refractivity contribution in [3.63, 3.8) is 0 Å². The van der Waals surface area contributed by atoms with E-state index in [2.05, 4.69) is 20.6 Å². The predicted molar refractivity (Wildman–Crippen MR) is 86.1 cm³/mol. The van der Waals surface area contributed by atoms with Crippen LogP contribution in [-0.4, -0.2) is 25.9 Å². The van der Waals surface area contributed by atoms with Gasteiger partial charge in [-0.25, -0.2) is 4.68 Å². The van der Waals surface area contributed by atoms with Gasteiger partial charge in [0.15, 0.2) is 5.69 Å². The van der Waals surface area contributed by atoms with E-state index in [0.29, 0.717) is 18.7 Å². The molecule has 6 nitrogen and oxygen atoms in total. The second kappa shape index (κ2) is 6.83. The summed E-state index contributed by atoms with van der Waals surface area (Å²) in [6, 6.07) is 13.4. The van der Waals surface area contributed by atoms with Crippen LogP contribution in [0.1, 0.15) is 28.7 Å². The first-order valence-corrected chi connectivity index (χ1v) is 7.46. The highest BCUT2D eigenvalue weighted by Gasteiger charge is 2.18. The Labute approximate surface area is 134 Å². The fourth-order valence-corrected chi connectivity index (χ4v) is 2.34. The van der Waals surface area contributed by atoms with E-state index < -0.39 is 0 Å². The Morgan fingerprint density at radius 3 is 2.70 bits per heavy atom. The molecule has 0 aliphatic rings. The summed E-state index contributed by atoms with van der Waals surface area (Å²) < 4.78 is 1.71. The quantitative estimate of drug-likeness (QED) is 0.784. The van der Waals surface area contributed by atoms with Crippen LogP contribution in [0, 0.1) is 0 Å². The molecule has 2 heterocycles. The molecule has 0 unspecified atom stereocenters. The number of hydrogen-bond acceptors (Lipinski definition) is 4. The molecule has 3 aromatic rings. The number of rotatable bonds is 5. The van der Waals surface area contributed by atoms with Crippen molar-refractivity contribution < 1.29 is 4.79 Å². The number of amides is 1. The van der Waals surface area contributed by atoms with Crippen LogP contribution in [0.15, 0.2) is 54.9 Å². The number of hydrogen-bond donors (Lipinski definition) is 1. The Morgan fingerprint density at radius 2 is 2.00 bits per heavy atom. The maximum absolute atomic E-state index is 12.4. The maximum Gasteiger partial charge on any atom is 0.274 e. The topological polar surface area (TPSA) is 72.7 Å². The number of nitrogens with one attached hydrogen (secondary N) is 1. The molecule has 0 bridgehead atoms. The van der Waals surface area contributed by atoms with Gasteiger partial charge in [0.05, 0.1) is 11.4 Å². The van der Waals surface area contributed by atoms with Gasteiger partial charge >= 0.3 is 0 Å². The van der Waals surface area contributed by atoms with E-state index in [1.807, 2.05) is 49.4 Å². The Hall–Kier alpha value is -3.02. The molecule has 1 aromatic carbocycles. The van der Waals surface area contributed by atoms with Crippen molar-refractivity contribution in [1.82, 2.24) is 25.3 Å². The monoisotopic (exact) mass is 307 g/mol. The number of carbonyl (C=O) groups is 1. The average Bonchev–Trinajstić information content (AvgIpc) is 3.05. The van der Waals surface area contributed by atoms with Crippen LogP contribution in [0.25, 0.3) is 5.69 Å². The molecule has 0 radical (unpaired) electrons. The van der Waals surface area contributed by atoms with Gasteiger partial charge in [0, 0.05) is 18.9 Å². The summed E-state index contributed by atoms with van der Waals surface area (Å²) in [7, 11) is 0. The molecular weight excluding hydrogens is 290 g/mol. The minimum Gasteiger partial charge on any atom is -0.346 e. The molecule has 1 amide bonds. The van der Waals surface area contributed by atoms with Gasteiger partial charge in [-0.1, -0.05) is 36.4 Å². The van der Waals surface area contributed by atoms with Gasteiger partial charge in [0.1, 0.15) is 0 Å². The fourth-order valence-electron chi connectivity index (χ4n) is 2.34. The van der Waals surface area contributed by atoms with E-state index >= 15 is 0 Å². The Kier molecular flexibility index (Phi) is 4.42. The first kappa shape index (κ1) is 14.9. The molecule has 0 saturated carbocycles. The van der Waals surface area contributed by atoms with Gasteiger partial charge in [-0.15, -0.1) is 5.10 Å². The number of carbonyl (C=O) groups excluding carboxylic acids is 1. The molecule has 6 heteroatoms. The van der Waals surface area contributed by atoms with Gasteiger partial charge in [-0.3, -0.25) is 9.78 Å². The molecule has 0 atom stereocenters. The van der Waals surface area contributed by atoms with Crippen molar-refractivity contribution in [3.8, 4) is 5.69 Å². The van der Waals surface area contributed by atoms with E-state index in [1.54, 1.807) is 17.1 Å². The van der Waals surface area contributed by atoms with Crippen LogP contribution in [0.2, 0.25) is 0 Å². The lowest BCUT2D eigenvalue weighted by molar-refractivity contribution is 0.0945. The minimum absolute atomic E-state index is 0.229. The molecule has 1 N–H and O–H groups in total. The summed E-state index contributed by atoms with van der Waals surface area (Å²) in [4.78, 5) is 16.4.